The Labute approximate surface area is 237 Å². The molecule has 0 saturated heterocycles. The van der Waals surface area contributed by atoms with Crippen LogP contribution in [0.5, 0.6) is 0 Å². The van der Waals surface area contributed by atoms with Crippen LogP contribution in [0.15, 0.2) is 115 Å². The molecule has 0 bridgehead atoms. The molecule has 0 aliphatic heterocycles. The summed E-state index contributed by atoms with van der Waals surface area (Å²) in [6.45, 7) is 2.38. The number of allylic oxidation sites excluding steroid dienone is 1. The van der Waals surface area contributed by atoms with Gasteiger partial charge >= 0.3 is 0 Å². The van der Waals surface area contributed by atoms with Gasteiger partial charge in [-0.2, -0.15) is 0 Å². The van der Waals surface area contributed by atoms with Crippen molar-refractivity contribution in [3.63, 3.8) is 0 Å². The van der Waals surface area contributed by atoms with E-state index in [4.69, 9.17) is 0 Å². The van der Waals surface area contributed by atoms with Gasteiger partial charge in [-0.15, -0.1) is 0 Å². The summed E-state index contributed by atoms with van der Waals surface area (Å²) < 4.78 is 5.12. The van der Waals surface area contributed by atoms with Crippen molar-refractivity contribution in [2.24, 2.45) is 0 Å². The summed E-state index contributed by atoms with van der Waals surface area (Å²) in [7, 11) is 0. The quantitative estimate of drug-likeness (QED) is 0.200. The number of hydrogen-bond acceptors (Lipinski definition) is 0. The fraction of sp³-hybridized carbons (Fsp3) is 0.0769. The highest BCUT2D eigenvalue weighted by Gasteiger charge is 2.28. The summed E-state index contributed by atoms with van der Waals surface area (Å²) in [5.41, 5.74) is 11.7. The van der Waals surface area contributed by atoms with Crippen molar-refractivity contribution in [1.29, 1.82) is 0 Å². The monoisotopic (exact) mass is 522 g/mol. The zero-order chi connectivity index (χ0) is 26.8. The maximum atomic E-state index is 2.63. The topological polar surface area (TPSA) is 9.34 Å². The van der Waals surface area contributed by atoms with E-state index >= 15 is 0 Å². The van der Waals surface area contributed by atoms with Crippen molar-refractivity contribution < 1.29 is 0 Å². The SMILES string of the molecule is CC1CC=Cc2c1n1c3cccc4ccc5ccc6c(c5c43)c3c(ccc2c31)n6-c1ccc(-c2ccccc2)cc1. The molecule has 10 rings (SSSR count). The average molecular weight is 523 g/mol. The van der Waals surface area contributed by atoms with Crippen LogP contribution < -0.4 is 0 Å². The highest BCUT2D eigenvalue weighted by atomic mass is 15.0. The Morgan fingerprint density at radius 3 is 2.17 bits per heavy atom. The summed E-state index contributed by atoms with van der Waals surface area (Å²) in [6.07, 6.45) is 5.80. The van der Waals surface area contributed by atoms with Crippen LogP contribution in [-0.2, 0) is 0 Å². The number of nitrogens with zero attached hydrogens (tertiary/aromatic N) is 2. The predicted molar refractivity (Wildman–Crippen MR) is 174 cm³/mol. The van der Waals surface area contributed by atoms with Crippen molar-refractivity contribution in [2.45, 2.75) is 19.3 Å². The molecule has 0 spiro atoms. The number of fused-ring (bicyclic) bond motifs is 4. The molecule has 6 aromatic carbocycles. The molecule has 192 valence electrons. The predicted octanol–water partition coefficient (Wildman–Crippen LogP) is 10.6. The molecule has 3 aromatic heterocycles. The third-order valence-electron chi connectivity index (χ3n) is 9.62. The first-order valence-electron chi connectivity index (χ1n) is 14.6. The number of benzene rings is 6. The number of hydrogen-bond donors (Lipinski definition) is 0. The van der Waals surface area contributed by atoms with Crippen molar-refractivity contribution in [2.75, 3.05) is 0 Å². The highest BCUT2D eigenvalue weighted by molar-refractivity contribution is 6.36. The second-order valence-corrected chi connectivity index (χ2v) is 11.8. The van der Waals surface area contributed by atoms with Gasteiger partial charge in [-0.1, -0.05) is 97.9 Å². The van der Waals surface area contributed by atoms with Crippen LogP contribution in [0.4, 0.5) is 0 Å². The average Bonchev–Trinajstić information content (AvgIpc) is 3.50. The second-order valence-electron chi connectivity index (χ2n) is 11.8. The Hall–Kier alpha value is -5.08. The fourth-order valence-electron chi connectivity index (χ4n) is 7.89. The van der Waals surface area contributed by atoms with E-state index in [1.165, 1.54) is 87.8 Å². The molecule has 1 aliphatic rings. The van der Waals surface area contributed by atoms with E-state index in [0.717, 1.165) is 6.42 Å². The van der Waals surface area contributed by atoms with Gasteiger partial charge in [0.2, 0.25) is 0 Å². The minimum absolute atomic E-state index is 0.455. The minimum Gasteiger partial charge on any atom is -0.311 e. The maximum absolute atomic E-state index is 2.63. The number of aromatic nitrogens is 2. The Kier molecular flexibility index (Phi) is 4.00. The van der Waals surface area contributed by atoms with Gasteiger partial charge in [0.15, 0.2) is 0 Å². The van der Waals surface area contributed by atoms with Crippen LogP contribution in [0.3, 0.4) is 0 Å². The first kappa shape index (κ1) is 21.7. The van der Waals surface area contributed by atoms with Crippen molar-refractivity contribution in [1.82, 2.24) is 8.97 Å². The summed E-state index contributed by atoms with van der Waals surface area (Å²) in [6, 6.07) is 40.6. The molecular weight excluding hydrogens is 496 g/mol. The van der Waals surface area contributed by atoms with Crippen LogP contribution >= 0.6 is 0 Å². The lowest BCUT2D eigenvalue weighted by molar-refractivity contribution is 0.738. The minimum atomic E-state index is 0.455. The van der Waals surface area contributed by atoms with E-state index in [-0.39, 0.29) is 0 Å². The molecule has 1 unspecified atom stereocenters. The van der Waals surface area contributed by atoms with Gasteiger partial charge in [0.1, 0.15) is 0 Å². The van der Waals surface area contributed by atoms with E-state index in [1.807, 2.05) is 0 Å². The summed E-state index contributed by atoms with van der Waals surface area (Å²) in [4.78, 5) is 0. The van der Waals surface area contributed by atoms with E-state index in [2.05, 4.69) is 137 Å². The molecule has 3 heterocycles. The van der Waals surface area contributed by atoms with Gasteiger partial charge < -0.3 is 8.97 Å². The largest absolute Gasteiger partial charge is 0.311 e. The van der Waals surface area contributed by atoms with Gasteiger partial charge in [-0.3, -0.25) is 0 Å². The smallest absolute Gasteiger partial charge is 0.0638 e. The molecule has 1 atom stereocenters. The molecule has 0 N–H and O–H groups in total. The molecule has 2 heteroatoms. The zero-order valence-electron chi connectivity index (χ0n) is 22.7. The van der Waals surface area contributed by atoms with Crippen molar-refractivity contribution >= 4 is 65.8 Å². The van der Waals surface area contributed by atoms with E-state index in [0.29, 0.717) is 5.92 Å². The molecule has 1 aliphatic carbocycles. The third-order valence-corrected chi connectivity index (χ3v) is 9.62. The molecule has 0 saturated carbocycles. The molecule has 2 nitrogen and oxygen atoms in total. The number of rotatable bonds is 2. The molecule has 0 fully saturated rings. The molecule has 9 aromatic rings. The Morgan fingerprint density at radius 1 is 0.585 bits per heavy atom. The van der Waals surface area contributed by atoms with Crippen LogP contribution in [0.2, 0.25) is 0 Å². The van der Waals surface area contributed by atoms with Crippen LogP contribution in [0.1, 0.15) is 30.5 Å². The summed E-state index contributed by atoms with van der Waals surface area (Å²) in [5.74, 6) is 0.455. The van der Waals surface area contributed by atoms with E-state index in [1.54, 1.807) is 0 Å². The Bertz CT molecular complexity index is 2490. The van der Waals surface area contributed by atoms with Crippen molar-refractivity contribution in [3.05, 3.63) is 127 Å². The van der Waals surface area contributed by atoms with Gasteiger partial charge in [0, 0.05) is 49.8 Å². The maximum Gasteiger partial charge on any atom is 0.0638 e. The molecule has 0 radical (unpaired) electrons. The van der Waals surface area contributed by atoms with Crippen LogP contribution in [0.25, 0.3) is 82.7 Å². The van der Waals surface area contributed by atoms with Crippen LogP contribution in [-0.4, -0.2) is 8.97 Å². The lowest BCUT2D eigenvalue weighted by Gasteiger charge is -2.17. The van der Waals surface area contributed by atoms with E-state index in [9.17, 15) is 0 Å². The normalized spacial score (nSPS) is 15.5. The first-order chi connectivity index (χ1) is 20.3. The van der Waals surface area contributed by atoms with Crippen molar-refractivity contribution in [3.8, 4) is 16.8 Å². The lowest BCUT2D eigenvalue weighted by Crippen LogP contribution is -2.03. The first-order valence-corrected chi connectivity index (χ1v) is 14.6. The molecule has 0 amide bonds. The Morgan fingerprint density at radius 2 is 1.32 bits per heavy atom. The standard InChI is InChI=1S/C39H26N2/c1-23-7-5-11-29-30-20-22-33-37-36-32(40(33)28-18-15-25(16-19-28)24-8-3-2-4-9-24)21-17-27-14-13-26-10-6-12-31(34(26)35(27)36)41(38(23)29)39(30)37/h2-6,8-23H,7H2,1H3. The summed E-state index contributed by atoms with van der Waals surface area (Å²) >= 11 is 0. The van der Waals surface area contributed by atoms with E-state index < -0.39 is 0 Å². The highest BCUT2D eigenvalue weighted by Crippen LogP contribution is 2.49. The molecular formula is C39H26N2. The van der Waals surface area contributed by atoms with Gasteiger partial charge in [-0.25, -0.2) is 0 Å². The van der Waals surface area contributed by atoms with Gasteiger partial charge in [0.05, 0.1) is 22.1 Å². The third kappa shape index (κ3) is 2.63. The zero-order valence-corrected chi connectivity index (χ0v) is 22.7. The van der Waals surface area contributed by atoms with Gasteiger partial charge in [-0.05, 0) is 58.7 Å². The van der Waals surface area contributed by atoms with Crippen LogP contribution in [0, 0.1) is 0 Å². The van der Waals surface area contributed by atoms with Gasteiger partial charge in [0.25, 0.3) is 0 Å². The summed E-state index contributed by atoms with van der Waals surface area (Å²) in [5, 5.41) is 9.46. The fourth-order valence-corrected chi connectivity index (χ4v) is 7.89. The molecule has 41 heavy (non-hydrogen) atoms. The Balaban J connectivity index is 1.44. The second kappa shape index (κ2) is 7.56. The lowest BCUT2D eigenvalue weighted by atomic mass is 9.92.